The van der Waals surface area contributed by atoms with E-state index in [4.69, 9.17) is 5.73 Å². The van der Waals surface area contributed by atoms with E-state index < -0.39 is 24.0 Å². The van der Waals surface area contributed by atoms with E-state index in [-0.39, 0.29) is 37.1 Å². The second-order valence-corrected chi connectivity index (χ2v) is 8.66. The number of rotatable bonds is 8. The third kappa shape index (κ3) is 6.56. The molecule has 2 unspecified atom stereocenters. The predicted molar refractivity (Wildman–Crippen MR) is 119 cm³/mol. The Morgan fingerprint density at radius 2 is 2.00 bits per heavy atom. The Morgan fingerprint density at radius 1 is 1.27 bits per heavy atom. The van der Waals surface area contributed by atoms with E-state index in [0.717, 1.165) is 4.90 Å². The Balaban J connectivity index is 2.05. The number of amides is 5. The van der Waals surface area contributed by atoms with Gasteiger partial charge in [-0.3, -0.25) is 14.4 Å². The fraction of sp³-hybridized carbons (Fsp3) is 0.474. The summed E-state index contributed by atoms with van der Waals surface area (Å²) in [7, 11) is 1.47. The first kappa shape index (κ1) is 23.9. The van der Waals surface area contributed by atoms with Crippen LogP contribution in [0.15, 0.2) is 29.2 Å². The Hall–Kier alpha value is -2.40. The smallest absolute Gasteiger partial charge is 0.319 e. The van der Waals surface area contributed by atoms with E-state index in [1.54, 1.807) is 24.1 Å². The Labute approximate surface area is 184 Å². The molecule has 1 aromatic rings. The molecule has 0 aliphatic carbocycles. The highest BCUT2D eigenvalue weighted by atomic mass is 32.2. The maximum atomic E-state index is 12.8. The van der Waals surface area contributed by atoms with Crippen LogP contribution in [-0.2, 0) is 14.4 Å². The van der Waals surface area contributed by atoms with Crippen LogP contribution in [0.4, 0.5) is 10.5 Å². The van der Waals surface area contributed by atoms with Gasteiger partial charge in [-0.1, -0.05) is 6.07 Å². The summed E-state index contributed by atoms with van der Waals surface area (Å²) in [5, 5.41) is 5.61. The van der Waals surface area contributed by atoms with Crippen LogP contribution < -0.4 is 16.4 Å². The van der Waals surface area contributed by atoms with Crippen LogP contribution in [0.1, 0.15) is 6.42 Å². The summed E-state index contributed by atoms with van der Waals surface area (Å²) in [5.41, 5.74) is 5.83. The first-order valence-electron chi connectivity index (χ1n) is 9.28. The molecule has 0 radical (unpaired) electrons. The van der Waals surface area contributed by atoms with Gasteiger partial charge in [0.15, 0.2) is 0 Å². The van der Waals surface area contributed by atoms with Crippen LogP contribution in [0.25, 0.3) is 0 Å². The lowest BCUT2D eigenvalue weighted by Gasteiger charge is -2.27. The number of nitrogens with one attached hydrogen (secondary N) is 2. The highest BCUT2D eigenvalue weighted by Crippen LogP contribution is 2.22. The molecule has 2 atom stereocenters. The molecule has 0 spiro atoms. The molecule has 0 aromatic heterocycles. The van der Waals surface area contributed by atoms with Gasteiger partial charge < -0.3 is 26.2 Å². The van der Waals surface area contributed by atoms with E-state index in [0.29, 0.717) is 5.69 Å². The molecule has 4 N–H and O–H groups in total. The number of urea groups is 1. The van der Waals surface area contributed by atoms with E-state index >= 15 is 0 Å². The molecule has 2 rings (SSSR count). The maximum Gasteiger partial charge on any atom is 0.319 e. The molecule has 30 heavy (non-hydrogen) atoms. The van der Waals surface area contributed by atoms with Gasteiger partial charge in [-0.25, -0.2) is 4.79 Å². The molecule has 0 bridgehead atoms. The quantitative estimate of drug-likeness (QED) is 0.500. The van der Waals surface area contributed by atoms with Crippen molar-refractivity contribution in [2.75, 3.05) is 43.7 Å². The van der Waals surface area contributed by atoms with Gasteiger partial charge in [-0.15, -0.1) is 11.8 Å². The second kappa shape index (κ2) is 11.1. The third-order valence-electron chi connectivity index (χ3n) is 4.61. The molecule has 5 amide bonds. The van der Waals surface area contributed by atoms with E-state index in [9.17, 15) is 19.2 Å². The first-order chi connectivity index (χ1) is 14.2. The maximum absolute atomic E-state index is 12.8. The summed E-state index contributed by atoms with van der Waals surface area (Å²) in [4.78, 5) is 52.6. The van der Waals surface area contributed by atoms with Crippen LogP contribution in [-0.4, -0.2) is 84.0 Å². The molecule has 1 aliphatic rings. The number of nitrogens with two attached hydrogens (primary N) is 1. The Morgan fingerprint density at radius 3 is 2.63 bits per heavy atom. The standard InChI is InChI=1S/C19H27N5O4S2/c1-23(10-16(20)25)18(27)15-8-13(9-24(15)17(26)11-29-2)22-19(28)21-12-5-4-6-14(7-12)30-3/h4-7,13,15H,8-11H2,1-3H3,(H2,20,25)(H2,21,22,28). The zero-order valence-corrected chi connectivity index (χ0v) is 18.8. The number of carbonyl (C=O) groups is 4. The molecule has 1 aromatic carbocycles. The van der Waals surface area contributed by atoms with Gasteiger partial charge in [0, 0.05) is 24.2 Å². The van der Waals surface area contributed by atoms with Gasteiger partial charge in [-0.2, -0.15) is 11.8 Å². The van der Waals surface area contributed by atoms with Crippen molar-refractivity contribution in [1.82, 2.24) is 15.1 Å². The molecular formula is C19H27N5O4S2. The number of thioether (sulfide) groups is 2. The molecule has 1 heterocycles. The van der Waals surface area contributed by atoms with Gasteiger partial charge in [-0.05, 0) is 37.1 Å². The summed E-state index contributed by atoms with van der Waals surface area (Å²) in [6, 6.07) is 5.89. The first-order valence-corrected chi connectivity index (χ1v) is 11.9. The minimum atomic E-state index is -0.751. The lowest BCUT2D eigenvalue weighted by molar-refractivity contribution is -0.142. The predicted octanol–water partition coefficient (Wildman–Crippen LogP) is 0.806. The number of likely N-dealkylation sites (tertiary alicyclic amines) is 1. The molecular weight excluding hydrogens is 426 g/mol. The van der Waals surface area contributed by atoms with Crippen molar-refractivity contribution in [3.8, 4) is 0 Å². The van der Waals surface area contributed by atoms with Gasteiger partial charge in [0.2, 0.25) is 17.7 Å². The van der Waals surface area contributed by atoms with Gasteiger partial charge in [0.25, 0.3) is 0 Å². The molecule has 1 fully saturated rings. The number of anilines is 1. The van der Waals surface area contributed by atoms with Crippen LogP contribution in [0.2, 0.25) is 0 Å². The van der Waals surface area contributed by atoms with E-state index in [1.807, 2.05) is 24.5 Å². The van der Waals surface area contributed by atoms with E-state index in [2.05, 4.69) is 10.6 Å². The lowest BCUT2D eigenvalue weighted by Crippen LogP contribution is -2.48. The molecule has 1 saturated heterocycles. The molecule has 0 saturated carbocycles. The largest absolute Gasteiger partial charge is 0.368 e. The Bertz CT molecular complexity index is 807. The van der Waals surface area contributed by atoms with Crippen molar-refractivity contribution in [3.05, 3.63) is 24.3 Å². The van der Waals surface area contributed by atoms with Crippen molar-refractivity contribution in [3.63, 3.8) is 0 Å². The fourth-order valence-corrected chi connectivity index (χ4v) is 4.15. The van der Waals surface area contributed by atoms with Crippen molar-refractivity contribution in [2.45, 2.75) is 23.4 Å². The molecule has 9 nitrogen and oxygen atoms in total. The van der Waals surface area contributed by atoms with Crippen LogP contribution in [0, 0.1) is 0 Å². The summed E-state index contributed by atoms with van der Waals surface area (Å²) >= 11 is 2.93. The van der Waals surface area contributed by atoms with Gasteiger partial charge >= 0.3 is 6.03 Å². The minimum Gasteiger partial charge on any atom is -0.368 e. The van der Waals surface area contributed by atoms with Crippen molar-refractivity contribution >= 4 is 53.0 Å². The minimum absolute atomic E-state index is 0.189. The SMILES string of the molecule is CSCC(=O)N1CC(NC(=O)Nc2cccc(SC)c2)CC1C(=O)N(C)CC(N)=O. The summed E-state index contributed by atoms with van der Waals surface area (Å²) in [5.74, 6) is -0.970. The third-order valence-corrected chi connectivity index (χ3v) is 5.87. The van der Waals surface area contributed by atoms with Crippen molar-refractivity contribution in [1.29, 1.82) is 0 Å². The number of likely N-dealkylation sites (N-methyl/N-ethyl adjacent to an activating group) is 1. The highest BCUT2D eigenvalue weighted by Gasteiger charge is 2.41. The van der Waals surface area contributed by atoms with Gasteiger partial charge in [0.1, 0.15) is 6.04 Å². The second-order valence-electron chi connectivity index (χ2n) is 6.92. The summed E-state index contributed by atoms with van der Waals surface area (Å²) in [6.45, 7) is -0.0112. The summed E-state index contributed by atoms with van der Waals surface area (Å²) in [6.07, 6.45) is 4.01. The number of carbonyl (C=O) groups excluding carboxylic acids is 4. The lowest BCUT2D eigenvalue weighted by atomic mass is 10.1. The van der Waals surface area contributed by atoms with Crippen molar-refractivity contribution < 1.29 is 19.2 Å². The van der Waals surface area contributed by atoms with Crippen LogP contribution >= 0.6 is 23.5 Å². The molecule has 1 aliphatic heterocycles. The van der Waals surface area contributed by atoms with Gasteiger partial charge in [0.05, 0.1) is 18.3 Å². The topological polar surface area (TPSA) is 125 Å². The number of hydrogen-bond donors (Lipinski definition) is 3. The number of primary amides is 1. The highest BCUT2D eigenvalue weighted by molar-refractivity contribution is 7.99. The average Bonchev–Trinajstić information content (AvgIpc) is 3.10. The van der Waals surface area contributed by atoms with E-state index in [1.165, 1.54) is 28.6 Å². The van der Waals surface area contributed by atoms with Crippen LogP contribution in [0.3, 0.4) is 0 Å². The number of benzene rings is 1. The zero-order chi connectivity index (χ0) is 22.3. The van der Waals surface area contributed by atoms with Crippen molar-refractivity contribution in [2.24, 2.45) is 5.73 Å². The fourth-order valence-electron chi connectivity index (χ4n) is 3.28. The molecule has 164 valence electrons. The number of hydrogen-bond acceptors (Lipinski definition) is 6. The Kier molecular flexibility index (Phi) is 8.85. The summed E-state index contributed by atoms with van der Waals surface area (Å²) < 4.78 is 0. The molecule has 11 heteroatoms. The normalized spacial score (nSPS) is 18.0. The monoisotopic (exact) mass is 453 g/mol. The average molecular weight is 454 g/mol. The van der Waals surface area contributed by atoms with Crippen LogP contribution in [0.5, 0.6) is 0 Å². The zero-order valence-electron chi connectivity index (χ0n) is 17.2. The number of nitrogens with zero attached hydrogens (tertiary/aromatic N) is 2.